The first-order chi connectivity index (χ1) is 14.1. The van der Waals surface area contributed by atoms with Crippen LogP contribution in [0, 0.1) is 0 Å². The van der Waals surface area contributed by atoms with Gasteiger partial charge in [-0.15, -0.1) is 11.3 Å². The molecule has 0 saturated heterocycles. The lowest BCUT2D eigenvalue weighted by Gasteiger charge is -2.14. The van der Waals surface area contributed by atoms with E-state index in [-0.39, 0.29) is 12.0 Å². The third kappa shape index (κ3) is 8.71. The number of guanidine groups is 1. The molecule has 1 heterocycles. The number of thiazole rings is 1. The lowest BCUT2D eigenvalue weighted by molar-refractivity contribution is -0.176. The predicted octanol–water partition coefficient (Wildman–Crippen LogP) is 4.43. The third-order valence-corrected chi connectivity index (χ3v) is 5.10. The van der Waals surface area contributed by atoms with E-state index in [1.54, 1.807) is 30.5 Å². The largest absolute Gasteiger partial charge is 0.411 e. The van der Waals surface area contributed by atoms with Crippen molar-refractivity contribution in [2.75, 3.05) is 20.2 Å². The fourth-order valence-corrected chi connectivity index (χ4v) is 3.53. The molecule has 0 fully saturated rings. The summed E-state index contributed by atoms with van der Waals surface area (Å²) in [7, 11) is 1.71. The van der Waals surface area contributed by atoms with Crippen LogP contribution in [0.15, 0.2) is 34.6 Å². The Morgan fingerprint density at radius 1 is 1.10 bits per heavy atom. The third-order valence-electron chi connectivity index (χ3n) is 4.19. The van der Waals surface area contributed by atoms with Crippen LogP contribution in [0.4, 0.5) is 13.2 Å². The monoisotopic (exact) mass is 442 g/mol. The molecule has 5 nitrogen and oxygen atoms in total. The number of nitrogens with zero attached hydrogens (tertiary/aromatic N) is 2. The molecular formula is C21H29F3N4OS. The number of aromatic nitrogens is 1. The lowest BCUT2D eigenvalue weighted by Crippen LogP contribution is -2.37. The van der Waals surface area contributed by atoms with Gasteiger partial charge >= 0.3 is 6.18 Å². The van der Waals surface area contributed by atoms with E-state index in [9.17, 15) is 13.2 Å². The fourth-order valence-electron chi connectivity index (χ4n) is 2.50. The van der Waals surface area contributed by atoms with Gasteiger partial charge in [0, 0.05) is 37.4 Å². The van der Waals surface area contributed by atoms with Gasteiger partial charge < -0.3 is 15.4 Å². The molecular weight excluding hydrogens is 413 g/mol. The average molecular weight is 443 g/mol. The average Bonchev–Trinajstić information content (AvgIpc) is 3.14. The van der Waals surface area contributed by atoms with Gasteiger partial charge in [-0.05, 0) is 11.1 Å². The van der Waals surface area contributed by atoms with Gasteiger partial charge in [0.25, 0.3) is 0 Å². The minimum Gasteiger partial charge on any atom is -0.367 e. The summed E-state index contributed by atoms with van der Waals surface area (Å²) in [4.78, 5) is 8.90. The van der Waals surface area contributed by atoms with Crippen molar-refractivity contribution in [1.29, 1.82) is 0 Å². The molecule has 0 unspecified atom stereocenters. The van der Waals surface area contributed by atoms with Crippen molar-refractivity contribution in [2.45, 2.75) is 51.9 Å². The highest BCUT2D eigenvalue weighted by molar-refractivity contribution is 7.09. The van der Waals surface area contributed by atoms with Crippen molar-refractivity contribution in [2.24, 2.45) is 4.99 Å². The van der Waals surface area contributed by atoms with Crippen LogP contribution >= 0.6 is 11.3 Å². The van der Waals surface area contributed by atoms with E-state index in [0.29, 0.717) is 24.6 Å². The molecule has 0 saturated carbocycles. The van der Waals surface area contributed by atoms with Crippen molar-refractivity contribution in [3.05, 3.63) is 51.5 Å². The minimum absolute atomic E-state index is 0.0553. The Morgan fingerprint density at radius 3 is 2.33 bits per heavy atom. The zero-order valence-electron chi connectivity index (χ0n) is 17.8. The molecule has 0 aliphatic heterocycles. The van der Waals surface area contributed by atoms with Gasteiger partial charge in [0.15, 0.2) is 5.96 Å². The molecule has 0 aliphatic carbocycles. The van der Waals surface area contributed by atoms with Gasteiger partial charge in [-0.1, -0.05) is 45.0 Å². The molecule has 2 N–H and O–H groups in total. The predicted molar refractivity (Wildman–Crippen MR) is 115 cm³/mol. The van der Waals surface area contributed by atoms with E-state index in [0.717, 1.165) is 22.7 Å². The number of ether oxygens (including phenoxy) is 1. The lowest BCUT2D eigenvalue weighted by atomic mass is 9.93. The van der Waals surface area contributed by atoms with Crippen molar-refractivity contribution >= 4 is 17.3 Å². The summed E-state index contributed by atoms with van der Waals surface area (Å²) in [5.41, 5.74) is 2.85. The maximum absolute atomic E-state index is 12.1. The van der Waals surface area contributed by atoms with Gasteiger partial charge in [0.1, 0.15) is 6.61 Å². The van der Waals surface area contributed by atoms with Crippen molar-refractivity contribution in [1.82, 2.24) is 15.6 Å². The topological polar surface area (TPSA) is 58.5 Å². The quantitative estimate of drug-likeness (QED) is 0.469. The number of hydrogen-bond acceptors (Lipinski definition) is 4. The summed E-state index contributed by atoms with van der Waals surface area (Å²) in [6.45, 7) is 6.41. The first kappa shape index (κ1) is 24.1. The molecule has 1 aromatic carbocycles. The van der Waals surface area contributed by atoms with E-state index < -0.39 is 12.8 Å². The first-order valence-electron chi connectivity index (χ1n) is 9.68. The molecule has 0 bridgehead atoms. The zero-order chi connectivity index (χ0) is 22.2. The second-order valence-electron chi connectivity index (χ2n) is 7.90. The summed E-state index contributed by atoms with van der Waals surface area (Å²) >= 11 is 1.67. The highest BCUT2D eigenvalue weighted by Gasteiger charge is 2.27. The van der Waals surface area contributed by atoms with E-state index in [1.165, 1.54) is 0 Å². The summed E-state index contributed by atoms with van der Waals surface area (Å²) in [6.07, 6.45) is -3.49. The Balaban J connectivity index is 1.73. The van der Waals surface area contributed by atoms with Crippen LogP contribution in [0.2, 0.25) is 0 Å². The molecule has 0 spiro atoms. The Morgan fingerprint density at radius 2 is 1.77 bits per heavy atom. The van der Waals surface area contributed by atoms with Gasteiger partial charge in [0.05, 0.1) is 17.3 Å². The number of benzene rings is 1. The van der Waals surface area contributed by atoms with Crippen LogP contribution in [0.1, 0.15) is 42.6 Å². The Hall–Kier alpha value is -2.13. The fraction of sp³-hybridized carbons (Fsp3) is 0.524. The summed E-state index contributed by atoms with van der Waals surface area (Å²) < 4.78 is 41.0. The molecule has 0 amide bonds. The number of nitrogens with one attached hydrogen (secondary N) is 2. The molecule has 2 aromatic rings. The van der Waals surface area contributed by atoms with Crippen LogP contribution in [0.25, 0.3) is 0 Å². The van der Waals surface area contributed by atoms with E-state index in [1.807, 2.05) is 12.1 Å². The minimum atomic E-state index is -4.30. The van der Waals surface area contributed by atoms with Crippen LogP contribution < -0.4 is 10.6 Å². The first-order valence-corrected chi connectivity index (χ1v) is 10.6. The van der Waals surface area contributed by atoms with Gasteiger partial charge in [-0.2, -0.15) is 13.2 Å². The summed E-state index contributed by atoms with van der Waals surface area (Å²) in [5, 5.41) is 9.69. The molecule has 0 aliphatic rings. The second kappa shape index (κ2) is 10.8. The number of hydrogen-bond donors (Lipinski definition) is 2. The Labute approximate surface area is 179 Å². The van der Waals surface area contributed by atoms with Gasteiger partial charge in [-0.25, -0.2) is 4.98 Å². The van der Waals surface area contributed by atoms with Crippen LogP contribution in [-0.4, -0.2) is 37.3 Å². The SMILES string of the molecule is CN=C(NCCc1nc(C(C)(C)C)cs1)NCc1ccc(COCC(F)(F)F)cc1. The summed E-state index contributed by atoms with van der Waals surface area (Å²) in [6, 6.07) is 7.24. The molecule has 1 aromatic heterocycles. The van der Waals surface area contributed by atoms with E-state index in [4.69, 9.17) is 0 Å². The molecule has 166 valence electrons. The smallest absolute Gasteiger partial charge is 0.367 e. The van der Waals surface area contributed by atoms with Crippen LogP contribution in [0.5, 0.6) is 0 Å². The highest BCUT2D eigenvalue weighted by Crippen LogP contribution is 2.23. The highest BCUT2D eigenvalue weighted by atomic mass is 32.1. The van der Waals surface area contributed by atoms with E-state index >= 15 is 0 Å². The number of aliphatic imine (C=N–C) groups is 1. The molecule has 2 rings (SSSR count). The van der Waals surface area contributed by atoms with Crippen LogP contribution in [0.3, 0.4) is 0 Å². The van der Waals surface area contributed by atoms with Crippen molar-refractivity contribution < 1.29 is 17.9 Å². The molecule has 9 heteroatoms. The molecule has 30 heavy (non-hydrogen) atoms. The summed E-state index contributed by atoms with van der Waals surface area (Å²) in [5.74, 6) is 0.681. The normalized spacial score (nSPS) is 12.8. The zero-order valence-corrected chi connectivity index (χ0v) is 18.6. The number of rotatable bonds is 8. The number of halogens is 3. The Bertz CT molecular complexity index is 811. The maximum atomic E-state index is 12.1. The second-order valence-corrected chi connectivity index (χ2v) is 8.85. The standard InChI is InChI=1S/C21H29F3N4OS/c1-20(2,3)17-13-30-18(28-17)9-10-26-19(25-4)27-11-15-5-7-16(8-6-15)12-29-14-21(22,23)24/h5-8,13H,9-12,14H2,1-4H3,(H2,25,26,27). The maximum Gasteiger partial charge on any atom is 0.411 e. The van der Waals surface area contributed by atoms with Gasteiger partial charge in [0.2, 0.25) is 0 Å². The molecule has 0 atom stereocenters. The van der Waals surface area contributed by atoms with E-state index in [2.05, 4.69) is 51.5 Å². The van der Waals surface area contributed by atoms with Gasteiger partial charge in [-0.3, -0.25) is 4.99 Å². The molecule has 0 radical (unpaired) electrons. The van der Waals surface area contributed by atoms with Crippen molar-refractivity contribution in [3.8, 4) is 0 Å². The number of alkyl halides is 3. The van der Waals surface area contributed by atoms with Crippen molar-refractivity contribution in [3.63, 3.8) is 0 Å². The van der Waals surface area contributed by atoms with Crippen LogP contribution in [-0.2, 0) is 29.7 Å². The Kier molecular flexibility index (Phi) is 8.66.